The van der Waals surface area contributed by atoms with E-state index >= 15 is 0 Å². The zero-order chi connectivity index (χ0) is 16.9. The van der Waals surface area contributed by atoms with E-state index in [0.29, 0.717) is 11.6 Å². The Morgan fingerprint density at radius 2 is 2.00 bits per heavy atom. The highest BCUT2D eigenvalue weighted by molar-refractivity contribution is 7.98. The van der Waals surface area contributed by atoms with Crippen molar-refractivity contribution in [2.45, 2.75) is 24.4 Å². The van der Waals surface area contributed by atoms with Crippen molar-refractivity contribution in [2.75, 3.05) is 0 Å². The number of benzene rings is 2. The van der Waals surface area contributed by atoms with Crippen LogP contribution in [0.2, 0.25) is 5.02 Å². The number of nitrogens with zero attached hydrogens (tertiary/aromatic N) is 3. The molecule has 3 aromatic rings. The van der Waals surface area contributed by atoms with E-state index in [1.54, 1.807) is 11.8 Å². The van der Waals surface area contributed by atoms with Crippen LogP contribution in [0.3, 0.4) is 0 Å². The number of allylic oxidation sites excluding steroid dienone is 1. The number of halogens is 1. The fourth-order valence-electron chi connectivity index (χ4n) is 2.48. The monoisotopic (exact) mass is 355 g/mol. The molecule has 0 aliphatic heterocycles. The maximum absolute atomic E-state index is 6.10. The summed E-state index contributed by atoms with van der Waals surface area (Å²) in [5, 5.41) is 10.3. The molecule has 2 aromatic carbocycles. The zero-order valence-corrected chi connectivity index (χ0v) is 15.0. The van der Waals surface area contributed by atoms with Gasteiger partial charge in [-0.3, -0.25) is 4.57 Å². The molecule has 0 bridgehead atoms. The topological polar surface area (TPSA) is 30.7 Å². The molecule has 122 valence electrons. The molecule has 0 aliphatic carbocycles. The van der Waals surface area contributed by atoms with Crippen LogP contribution in [0.15, 0.2) is 66.3 Å². The van der Waals surface area contributed by atoms with E-state index in [0.717, 1.165) is 22.3 Å². The van der Waals surface area contributed by atoms with Gasteiger partial charge in [-0.05, 0) is 24.6 Å². The summed E-state index contributed by atoms with van der Waals surface area (Å²) in [5.74, 6) is 1.66. The van der Waals surface area contributed by atoms with Crippen LogP contribution in [-0.4, -0.2) is 14.8 Å². The summed E-state index contributed by atoms with van der Waals surface area (Å²) in [6, 6.07) is 16.2. The van der Waals surface area contributed by atoms with E-state index in [9.17, 15) is 0 Å². The Morgan fingerprint density at radius 1 is 1.17 bits per heavy atom. The number of hydrogen-bond acceptors (Lipinski definition) is 3. The highest BCUT2D eigenvalue weighted by Crippen LogP contribution is 2.27. The lowest BCUT2D eigenvalue weighted by atomic mass is 10.2. The maximum atomic E-state index is 6.10. The summed E-state index contributed by atoms with van der Waals surface area (Å²) < 4.78 is 2.07. The Balaban J connectivity index is 1.87. The average Bonchev–Trinajstić information content (AvgIpc) is 2.96. The summed E-state index contributed by atoms with van der Waals surface area (Å²) in [6.07, 6.45) is 1.86. The van der Waals surface area contributed by atoms with Gasteiger partial charge < -0.3 is 0 Å². The number of aryl methyl sites for hydroxylation is 1. The van der Waals surface area contributed by atoms with Crippen molar-refractivity contribution in [3.05, 3.63) is 77.3 Å². The Labute approximate surface area is 151 Å². The van der Waals surface area contributed by atoms with Crippen molar-refractivity contribution < 1.29 is 0 Å². The second-order valence-corrected chi connectivity index (χ2v) is 6.87. The van der Waals surface area contributed by atoms with Gasteiger partial charge in [-0.25, -0.2) is 0 Å². The number of hydrogen-bond donors (Lipinski definition) is 0. The molecule has 5 heteroatoms. The summed E-state index contributed by atoms with van der Waals surface area (Å²) in [4.78, 5) is 0. The lowest BCUT2D eigenvalue weighted by Gasteiger charge is -2.08. The molecule has 0 atom stereocenters. The van der Waals surface area contributed by atoms with Crippen LogP contribution in [0.5, 0.6) is 0 Å². The van der Waals surface area contributed by atoms with Gasteiger partial charge in [-0.15, -0.1) is 16.8 Å². The van der Waals surface area contributed by atoms with E-state index < -0.39 is 0 Å². The normalized spacial score (nSPS) is 10.8. The third-order valence-corrected chi connectivity index (χ3v) is 4.83. The molecule has 24 heavy (non-hydrogen) atoms. The highest BCUT2D eigenvalue weighted by atomic mass is 35.5. The summed E-state index contributed by atoms with van der Waals surface area (Å²) in [7, 11) is 0. The van der Waals surface area contributed by atoms with Crippen LogP contribution in [0.4, 0.5) is 0 Å². The average molecular weight is 356 g/mol. The minimum Gasteiger partial charge on any atom is -0.298 e. The van der Waals surface area contributed by atoms with E-state index in [1.807, 2.05) is 30.3 Å². The smallest absolute Gasteiger partial charge is 0.192 e. The van der Waals surface area contributed by atoms with Gasteiger partial charge >= 0.3 is 0 Å². The number of thioether (sulfide) groups is 1. The Morgan fingerprint density at radius 3 is 2.75 bits per heavy atom. The fraction of sp³-hybridized carbons (Fsp3) is 0.158. The van der Waals surface area contributed by atoms with E-state index in [1.165, 1.54) is 11.1 Å². The predicted octanol–water partition coefficient (Wildman–Crippen LogP) is 5.39. The van der Waals surface area contributed by atoms with Crippen molar-refractivity contribution in [3.63, 3.8) is 0 Å². The Bertz CT molecular complexity index is 857. The van der Waals surface area contributed by atoms with E-state index in [-0.39, 0.29) is 0 Å². The summed E-state index contributed by atoms with van der Waals surface area (Å²) in [6.45, 7) is 6.61. The standard InChI is InChI=1S/C19H18ClN3S/c1-3-10-23-18(16-8-5-9-17(20)12-16)21-22-19(23)24-13-15-7-4-6-14(2)11-15/h3-9,11-12H,1,10,13H2,2H3. The predicted molar refractivity (Wildman–Crippen MR) is 101 cm³/mol. The van der Waals surface area contributed by atoms with Gasteiger partial charge in [0.15, 0.2) is 11.0 Å². The van der Waals surface area contributed by atoms with Crippen molar-refractivity contribution in [3.8, 4) is 11.4 Å². The molecule has 0 radical (unpaired) electrons. The quantitative estimate of drug-likeness (QED) is 0.439. The van der Waals surface area contributed by atoms with Crippen molar-refractivity contribution in [1.82, 2.24) is 14.8 Å². The largest absolute Gasteiger partial charge is 0.298 e. The maximum Gasteiger partial charge on any atom is 0.192 e. The first-order valence-corrected chi connectivity index (χ1v) is 9.02. The SMILES string of the molecule is C=CCn1c(SCc2cccc(C)c2)nnc1-c1cccc(Cl)c1. The van der Waals surface area contributed by atoms with Gasteiger partial charge in [-0.1, -0.05) is 71.4 Å². The van der Waals surface area contributed by atoms with Gasteiger partial charge in [0.05, 0.1) is 0 Å². The zero-order valence-electron chi connectivity index (χ0n) is 13.4. The van der Waals surface area contributed by atoms with Crippen molar-refractivity contribution >= 4 is 23.4 Å². The van der Waals surface area contributed by atoms with Crippen LogP contribution in [0.1, 0.15) is 11.1 Å². The molecule has 0 spiro atoms. The molecule has 0 N–H and O–H groups in total. The number of aromatic nitrogens is 3. The van der Waals surface area contributed by atoms with E-state index in [2.05, 4.69) is 52.5 Å². The van der Waals surface area contributed by atoms with Gasteiger partial charge in [0, 0.05) is 22.9 Å². The minimum absolute atomic E-state index is 0.658. The van der Waals surface area contributed by atoms with Gasteiger partial charge in [0.2, 0.25) is 0 Å². The lowest BCUT2D eigenvalue weighted by Crippen LogP contribution is -2.00. The minimum atomic E-state index is 0.658. The Kier molecular flexibility index (Phi) is 5.38. The first-order chi connectivity index (χ1) is 11.7. The lowest BCUT2D eigenvalue weighted by molar-refractivity contribution is 0.731. The van der Waals surface area contributed by atoms with Crippen LogP contribution in [0, 0.1) is 6.92 Å². The van der Waals surface area contributed by atoms with Crippen LogP contribution < -0.4 is 0 Å². The molecule has 0 fully saturated rings. The van der Waals surface area contributed by atoms with Gasteiger partial charge in [-0.2, -0.15) is 0 Å². The molecular weight excluding hydrogens is 338 g/mol. The van der Waals surface area contributed by atoms with Crippen LogP contribution in [0.25, 0.3) is 11.4 Å². The highest BCUT2D eigenvalue weighted by Gasteiger charge is 2.14. The molecule has 0 unspecified atom stereocenters. The van der Waals surface area contributed by atoms with Crippen LogP contribution in [-0.2, 0) is 12.3 Å². The molecule has 0 saturated heterocycles. The molecule has 3 nitrogen and oxygen atoms in total. The molecule has 1 heterocycles. The Hall–Kier alpha value is -2.04. The summed E-state index contributed by atoms with van der Waals surface area (Å²) in [5.41, 5.74) is 3.50. The first kappa shape index (κ1) is 16.8. The summed E-state index contributed by atoms with van der Waals surface area (Å²) >= 11 is 7.78. The number of rotatable bonds is 6. The molecule has 0 saturated carbocycles. The second-order valence-electron chi connectivity index (χ2n) is 5.49. The third-order valence-electron chi connectivity index (χ3n) is 3.56. The fourth-order valence-corrected chi connectivity index (χ4v) is 3.56. The molecule has 0 aliphatic rings. The van der Waals surface area contributed by atoms with Crippen LogP contribution >= 0.6 is 23.4 Å². The first-order valence-electron chi connectivity index (χ1n) is 7.66. The van der Waals surface area contributed by atoms with Gasteiger partial charge in [0.1, 0.15) is 0 Å². The molecule has 1 aromatic heterocycles. The molecule has 3 rings (SSSR count). The molecule has 0 amide bonds. The van der Waals surface area contributed by atoms with E-state index in [4.69, 9.17) is 11.6 Å². The third kappa shape index (κ3) is 3.89. The van der Waals surface area contributed by atoms with Crippen molar-refractivity contribution in [2.24, 2.45) is 0 Å². The second kappa shape index (κ2) is 7.69. The molecular formula is C19H18ClN3S. The van der Waals surface area contributed by atoms with Gasteiger partial charge in [0.25, 0.3) is 0 Å². The van der Waals surface area contributed by atoms with Crippen molar-refractivity contribution in [1.29, 1.82) is 0 Å².